The number of carbonyl (C=O) groups is 1. The van der Waals surface area contributed by atoms with Crippen molar-refractivity contribution in [2.24, 2.45) is 0 Å². The highest BCUT2D eigenvalue weighted by Crippen LogP contribution is 2.24. The third-order valence-corrected chi connectivity index (χ3v) is 2.96. The predicted molar refractivity (Wildman–Crippen MR) is 71.8 cm³/mol. The fourth-order valence-corrected chi connectivity index (χ4v) is 2.08. The van der Waals surface area contributed by atoms with Gasteiger partial charge in [-0.05, 0) is 18.2 Å². The van der Waals surface area contributed by atoms with E-state index in [4.69, 9.17) is 10.8 Å². The molecule has 0 atom stereocenters. The first-order valence-electron chi connectivity index (χ1n) is 6.15. The van der Waals surface area contributed by atoms with Crippen LogP contribution in [-0.2, 0) is 0 Å². The van der Waals surface area contributed by atoms with Crippen molar-refractivity contribution in [2.45, 2.75) is 6.18 Å². The zero-order valence-corrected chi connectivity index (χ0v) is 10.9. The van der Waals surface area contributed by atoms with Crippen molar-refractivity contribution < 1.29 is 23.1 Å². The first-order valence-corrected chi connectivity index (χ1v) is 6.15. The average molecular weight is 301 g/mol. The fraction of sp³-hybridized carbons (Fsp3) is 0.308. The summed E-state index contributed by atoms with van der Waals surface area (Å²) in [5, 5.41) is 9.33. The number of anilines is 1. The maximum atomic E-state index is 12.5. The second-order valence-corrected chi connectivity index (χ2v) is 4.57. The van der Waals surface area contributed by atoms with Crippen LogP contribution in [0.2, 0.25) is 0 Å². The quantitative estimate of drug-likeness (QED) is 0.752. The number of aromatic nitrogens is 1. The van der Waals surface area contributed by atoms with Gasteiger partial charge in [-0.1, -0.05) is 0 Å². The molecule has 0 bridgehead atoms. The number of nitrogens with zero attached hydrogens (tertiary/aromatic N) is 1. The van der Waals surface area contributed by atoms with E-state index in [9.17, 15) is 18.0 Å². The van der Waals surface area contributed by atoms with Gasteiger partial charge >= 0.3 is 6.18 Å². The number of fused-ring (bicyclic) bond motifs is 1. The normalized spacial score (nSPS) is 11.8. The van der Waals surface area contributed by atoms with E-state index in [1.807, 2.05) is 0 Å². The number of amides is 1. The van der Waals surface area contributed by atoms with E-state index < -0.39 is 25.2 Å². The number of rotatable bonds is 4. The number of aliphatic hydroxyl groups excluding tert-OH is 1. The lowest BCUT2D eigenvalue weighted by Gasteiger charge is -2.22. The van der Waals surface area contributed by atoms with Crippen LogP contribution in [0.25, 0.3) is 10.9 Å². The van der Waals surface area contributed by atoms with E-state index in [0.29, 0.717) is 21.5 Å². The number of hydrogen-bond acceptors (Lipinski definition) is 3. The Morgan fingerprint density at radius 3 is 2.71 bits per heavy atom. The van der Waals surface area contributed by atoms with Gasteiger partial charge in [-0.3, -0.25) is 4.79 Å². The minimum Gasteiger partial charge on any atom is -0.399 e. The molecule has 1 heterocycles. The number of hydrogen-bond donors (Lipinski definition) is 3. The minimum atomic E-state index is -4.53. The summed E-state index contributed by atoms with van der Waals surface area (Å²) in [7, 11) is 0. The van der Waals surface area contributed by atoms with Gasteiger partial charge in [0.1, 0.15) is 6.54 Å². The number of aromatic amines is 1. The van der Waals surface area contributed by atoms with Gasteiger partial charge in [0.15, 0.2) is 0 Å². The molecule has 8 heteroatoms. The number of alkyl halides is 3. The van der Waals surface area contributed by atoms with Crippen LogP contribution in [0.4, 0.5) is 18.9 Å². The molecule has 0 fully saturated rings. The summed E-state index contributed by atoms with van der Waals surface area (Å²) in [6.07, 6.45) is -3.19. The fourth-order valence-electron chi connectivity index (χ4n) is 2.08. The van der Waals surface area contributed by atoms with Crippen LogP contribution in [0.1, 0.15) is 10.4 Å². The largest absolute Gasteiger partial charge is 0.406 e. The van der Waals surface area contributed by atoms with Crippen molar-refractivity contribution in [3.8, 4) is 0 Å². The molecule has 21 heavy (non-hydrogen) atoms. The number of nitrogen functional groups attached to an aromatic ring is 1. The number of benzene rings is 1. The van der Waals surface area contributed by atoms with E-state index in [1.165, 1.54) is 6.20 Å². The van der Waals surface area contributed by atoms with Crippen molar-refractivity contribution in [1.82, 2.24) is 9.88 Å². The molecule has 0 spiro atoms. The van der Waals surface area contributed by atoms with Crippen LogP contribution in [0.5, 0.6) is 0 Å². The molecular weight excluding hydrogens is 287 g/mol. The van der Waals surface area contributed by atoms with Crippen LogP contribution in [0.3, 0.4) is 0 Å². The molecule has 0 saturated carbocycles. The smallest absolute Gasteiger partial charge is 0.399 e. The number of aliphatic hydroxyl groups is 1. The highest BCUT2D eigenvalue weighted by atomic mass is 19.4. The molecule has 1 amide bonds. The first kappa shape index (κ1) is 15.2. The summed E-state index contributed by atoms with van der Waals surface area (Å²) in [5.74, 6) is -0.794. The molecule has 4 N–H and O–H groups in total. The maximum Gasteiger partial charge on any atom is 0.406 e. The second-order valence-electron chi connectivity index (χ2n) is 4.57. The van der Waals surface area contributed by atoms with E-state index in [0.717, 1.165) is 0 Å². The molecule has 0 aliphatic heterocycles. The SMILES string of the molecule is Nc1ccc2c(C(=O)N(CCO)CC(F)(F)F)c[nH]c2c1. The molecule has 114 valence electrons. The summed E-state index contributed by atoms with van der Waals surface area (Å²) in [5.41, 5.74) is 6.76. The Morgan fingerprint density at radius 1 is 1.38 bits per heavy atom. The minimum absolute atomic E-state index is 0.114. The molecular formula is C13H14F3N3O2. The van der Waals surface area contributed by atoms with Gasteiger partial charge in [0.05, 0.1) is 12.2 Å². The van der Waals surface area contributed by atoms with Gasteiger partial charge in [0.25, 0.3) is 5.91 Å². The van der Waals surface area contributed by atoms with Gasteiger partial charge < -0.3 is 20.7 Å². The van der Waals surface area contributed by atoms with Crippen LogP contribution in [0, 0.1) is 0 Å². The zero-order chi connectivity index (χ0) is 15.6. The van der Waals surface area contributed by atoms with Crippen LogP contribution < -0.4 is 5.73 Å². The highest BCUT2D eigenvalue weighted by Gasteiger charge is 2.33. The Kier molecular flexibility index (Phi) is 4.08. The Hall–Kier alpha value is -2.22. The number of carbonyl (C=O) groups excluding carboxylic acids is 1. The topological polar surface area (TPSA) is 82.3 Å². The molecule has 5 nitrogen and oxygen atoms in total. The molecule has 0 radical (unpaired) electrons. The Labute approximate surface area is 118 Å². The van der Waals surface area contributed by atoms with Gasteiger partial charge in [0.2, 0.25) is 0 Å². The lowest BCUT2D eigenvalue weighted by atomic mass is 10.1. The van der Waals surface area contributed by atoms with Gasteiger partial charge in [-0.15, -0.1) is 0 Å². The van der Waals surface area contributed by atoms with Crippen molar-refractivity contribution in [2.75, 3.05) is 25.4 Å². The number of halogens is 3. The molecule has 1 aromatic carbocycles. The highest BCUT2D eigenvalue weighted by molar-refractivity contribution is 6.07. The lowest BCUT2D eigenvalue weighted by Crippen LogP contribution is -2.40. The van der Waals surface area contributed by atoms with Crippen LogP contribution in [0.15, 0.2) is 24.4 Å². The zero-order valence-electron chi connectivity index (χ0n) is 10.9. The molecule has 0 saturated heterocycles. The Morgan fingerprint density at radius 2 is 2.10 bits per heavy atom. The molecule has 0 aliphatic carbocycles. The monoisotopic (exact) mass is 301 g/mol. The third-order valence-electron chi connectivity index (χ3n) is 2.96. The van der Waals surface area contributed by atoms with Gasteiger partial charge in [0, 0.05) is 29.3 Å². The van der Waals surface area contributed by atoms with Crippen molar-refractivity contribution >= 4 is 22.5 Å². The number of H-pyrrole nitrogens is 1. The predicted octanol–water partition coefficient (Wildman–Crippen LogP) is 1.75. The Bertz CT molecular complexity index is 652. The van der Waals surface area contributed by atoms with Crippen molar-refractivity contribution in [1.29, 1.82) is 0 Å². The standard InChI is InChI=1S/C13H14F3N3O2/c14-13(15,16)7-19(3-4-20)12(21)10-6-18-11-5-8(17)1-2-9(10)11/h1-2,5-6,18,20H,3-4,7,17H2. The molecule has 2 aromatic rings. The molecule has 0 aliphatic rings. The number of nitrogens with two attached hydrogens (primary N) is 1. The summed E-state index contributed by atoms with van der Waals surface area (Å²) in [6.45, 7) is -2.34. The average Bonchev–Trinajstić information content (AvgIpc) is 2.78. The summed E-state index contributed by atoms with van der Waals surface area (Å²) < 4.78 is 37.5. The van der Waals surface area contributed by atoms with E-state index in [-0.39, 0.29) is 12.1 Å². The van der Waals surface area contributed by atoms with Crippen molar-refractivity contribution in [3.63, 3.8) is 0 Å². The molecule has 2 rings (SSSR count). The van der Waals surface area contributed by atoms with Crippen LogP contribution >= 0.6 is 0 Å². The summed E-state index contributed by atoms with van der Waals surface area (Å²) in [6, 6.07) is 4.72. The van der Waals surface area contributed by atoms with E-state index in [2.05, 4.69) is 4.98 Å². The van der Waals surface area contributed by atoms with Crippen LogP contribution in [-0.4, -0.2) is 46.8 Å². The lowest BCUT2D eigenvalue weighted by molar-refractivity contribution is -0.141. The summed E-state index contributed by atoms with van der Waals surface area (Å²) in [4.78, 5) is 15.6. The second kappa shape index (κ2) is 5.65. The van der Waals surface area contributed by atoms with E-state index in [1.54, 1.807) is 18.2 Å². The Balaban J connectivity index is 2.34. The third kappa shape index (κ3) is 3.46. The van der Waals surface area contributed by atoms with E-state index >= 15 is 0 Å². The molecule has 0 unspecified atom stereocenters. The molecule has 1 aromatic heterocycles. The number of nitrogens with one attached hydrogen (secondary N) is 1. The van der Waals surface area contributed by atoms with Crippen molar-refractivity contribution in [3.05, 3.63) is 30.0 Å². The summed E-state index contributed by atoms with van der Waals surface area (Å²) >= 11 is 0. The first-order chi connectivity index (χ1) is 9.81. The maximum absolute atomic E-state index is 12.5. The van der Waals surface area contributed by atoms with Gasteiger partial charge in [-0.2, -0.15) is 13.2 Å². The van der Waals surface area contributed by atoms with Gasteiger partial charge in [-0.25, -0.2) is 0 Å².